The van der Waals surface area contributed by atoms with Gasteiger partial charge in [0.1, 0.15) is 17.8 Å². The van der Waals surface area contributed by atoms with Crippen molar-refractivity contribution in [3.8, 4) is 11.5 Å². The number of carbonyl (C=O) groups is 3. The molecule has 1 aliphatic heterocycles. The first kappa shape index (κ1) is 21.1. The van der Waals surface area contributed by atoms with Crippen molar-refractivity contribution in [2.45, 2.75) is 20.3 Å². The summed E-state index contributed by atoms with van der Waals surface area (Å²) in [5, 5.41) is 1.44. The third-order valence-corrected chi connectivity index (χ3v) is 5.74. The number of nitrogens with zero attached hydrogens (tertiary/aromatic N) is 1. The molecule has 31 heavy (non-hydrogen) atoms. The Hall–Kier alpha value is -3.19. The van der Waals surface area contributed by atoms with Crippen molar-refractivity contribution in [3.63, 3.8) is 0 Å². The lowest BCUT2D eigenvalue weighted by atomic mass is 9.99. The van der Waals surface area contributed by atoms with Gasteiger partial charge in [-0.05, 0) is 47.5 Å². The van der Waals surface area contributed by atoms with Crippen LogP contribution in [-0.2, 0) is 11.2 Å². The molecule has 0 saturated carbocycles. The monoisotopic (exact) mass is 481 g/mol. The van der Waals surface area contributed by atoms with Crippen molar-refractivity contribution in [3.05, 3.63) is 63.6 Å². The summed E-state index contributed by atoms with van der Waals surface area (Å²) in [6.07, 6.45) is 1.05. The van der Waals surface area contributed by atoms with Crippen LogP contribution in [-0.4, -0.2) is 31.3 Å². The van der Waals surface area contributed by atoms with Gasteiger partial charge >= 0.3 is 0 Å². The van der Waals surface area contributed by atoms with Crippen LogP contribution in [0.15, 0.2) is 46.9 Å². The van der Waals surface area contributed by atoms with Crippen LogP contribution >= 0.6 is 15.9 Å². The molecule has 0 aromatic heterocycles. The average molecular weight is 482 g/mol. The van der Waals surface area contributed by atoms with E-state index >= 15 is 0 Å². The van der Waals surface area contributed by atoms with Crippen LogP contribution in [0.3, 0.4) is 0 Å². The number of fused-ring (bicyclic) bond motifs is 2. The molecule has 0 aliphatic carbocycles. The molecule has 3 aromatic rings. The minimum atomic E-state index is -0.473. The number of hydrogen-bond acceptors (Lipinski definition) is 5. The second-order valence-electron chi connectivity index (χ2n) is 6.92. The minimum absolute atomic E-state index is 0.206. The molecule has 0 fully saturated rings. The second-order valence-corrected chi connectivity index (χ2v) is 7.78. The topological polar surface area (TPSA) is 72.9 Å². The number of ether oxygens (including phenoxy) is 2. The highest BCUT2D eigenvalue weighted by molar-refractivity contribution is 9.10. The van der Waals surface area contributed by atoms with E-state index in [1.165, 1.54) is 0 Å². The maximum absolute atomic E-state index is 13.6. The van der Waals surface area contributed by atoms with Crippen LogP contribution in [0.2, 0.25) is 0 Å². The van der Waals surface area contributed by atoms with E-state index in [0.717, 1.165) is 27.5 Å². The maximum Gasteiger partial charge on any atom is 0.270 e. The van der Waals surface area contributed by atoms with E-state index in [9.17, 15) is 14.4 Å². The smallest absolute Gasteiger partial charge is 0.270 e. The molecule has 6 nitrogen and oxygen atoms in total. The molecule has 7 heteroatoms. The number of hydrogen-bond donors (Lipinski definition) is 0. The van der Waals surface area contributed by atoms with Crippen LogP contribution in [0.5, 0.6) is 11.5 Å². The van der Waals surface area contributed by atoms with Crippen molar-refractivity contribution >= 4 is 50.5 Å². The Kier molecular flexibility index (Phi) is 5.78. The van der Waals surface area contributed by atoms with Crippen molar-refractivity contribution in [1.29, 1.82) is 0 Å². The lowest BCUT2D eigenvalue weighted by molar-refractivity contribution is -0.107. The fourth-order valence-corrected chi connectivity index (χ4v) is 4.47. The SMILES string of the molecule is CCOc1c2c(c(OCC)c3ccccc13)C(=O)N(c1ccc(CC=O)cc1Br)C2=O. The number of aldehydes is 1. The first-order chi connectivity index (χ1) is 15.0. The minimum Gasteiger partial charge on any atom is -0.492 e. The number of benzene rings is 3. The van der Waals surface area contributed by atoms with E-state index < -0.39 is 11.8 Å². The van der Waals surface area contributed by atoms with E-state index in [0.29, 0.717) is 34.9 Å². The van der Waals surface area contributed by atoms with Gasteiger partial charge in [-0.1, -0.05) is 30.3 Å². The zero-order valence-electron chi connectivity index (χ0n) is 17.1. The first-order valence-electron chi connectivity index (χ1n) is 9.98. The fraction of sp³-hybridized carbons (Fsp3) is 0.208. The van der Waals surface area contributed by atoms with Gasteiger partial charge in [-0.15, -0.1) is 0 Å². The fourth-order valence-electron chi connectivity index (χ4n) is 3.86. The summed E-state index contributed by atoms with van der Waals surface area (Å²) in [6, 6.07) is 12.5. The van der Waals surface area contributed by atoms with Gasteiger partial charge in [-0.2, -0.15) is 0 Å². The predicted molar refractivity (Wildman–Crippen MR) is 121 cm³/mol. The molecule has 2 amide bonds. The molecular weight excluding hydrogens is 462 g/mol. The number of anilines is 1. The summed E-state index contributed by atoms with van der Waals surface area (Å²) in [6.45, 7) is 4.35. The van der Waals surface area contributed by atoms with Gasteiger partial charge in [0, 0.05) is 21.7 Å². The first-order valence-corrected chi connectivity index (χ1v) is 10.8. The Balaban J connectivity index is 1.97. The largest absolute Gasteiger partial charge is 0.492 e. The normalized spacial score (nSPS) is 12.9. The van der Waals surface area contributed by atoms with Gasteiger partial charge in [-0.25, -0.2) is 4.90 Å². The molecule has 158 valence electrons. The lowest BCUT2D eigenvalue weighted by Crippen LogP contribution is -2.30. The van der Waals surface area contributed by atoms with Gasteiger partial charge < -0.3 is 14.3 Å². The van der Waals surface area contributed by atoms with Crippen molar-refractivity contribution in [2.75, 3.05) is 18.1 Å². The Labute approximate surface area is 187 Å². The van der Waals surface area contributed by atoms with E-state index in [1.807, 2.05) is 38.1 Å². The van der Waals surface area contributed by atoms with Crippen LogP contribution < -0.4 is 14.4 Å². The summed E-state index contributed by atoms with van der Waals surface area (Å²) in [5.41, 5.74) is 1.59. The molecule has 0 unspecified atom stereocenters. The number of carbonyl (C=O) groups excluding carboxylic acids is 3. The number of halogens is 1. The third-order valence-electron chi connectivity index (χ3n) is 5.10. The van der Waals surface area contributed by atoms with Crippen LogP contribution in [0, 0.1) is 0 Å². The summed E-state index contributed by atoms with van der Waals surface area (Å²) in [4.78, 5) is 39.1. The zero-order chi connectivity index (χ0) is 22.1. The molecular formula is C24H20BrNO5. The van der Waals surface area contributed by atoms with Gasteiger partial charge in [-0.3, -0.25) is 9.59 Å². The van der Waals surface area contributed by atoms with E-state index in [2.05, 4.69) is 15.9 Å². The Morgan fingerprint density at radius 3 is 1.90 bits per heavy atom. The molecule has 1 heterocycles. The van der Waals surface area contributed by atoms with Crippen LogP contribution in [0.4, 0.5) is 5.69 Å². The molecule has 1 aliphatic rings. The highest BCUT2D eigenvalue weighted by atomic mass is 79.9. The highest BCUT2D eigenvalue weighted by Crippen LogP contribution is 2.46. The zero-order valence-corrected chi connectivity index (χ0v) is 18.7. The molecule has 0 bridgehead atoms. The summed E-state index contributed by atoms with van der Waals surface area (Å²) in [7, 11) is 0. The molecule has 0 saturated heterocycles. The van der Waals surface area contributed by atoms with Crippen molar-refractivity contribution < 1.29 is 23.9 Å². The Morgan fingerprint density at radius 2 is 1.45 bits per heavy atom. The standard InChI is InChI=1S/C24H20BrNO5/c1-3-30-21-15-7-5-6-8-16(15)22(31-4-2)20-19(21)23(28)26(24(20)29)18-10-9-14(11-12-27)13-17(18)25/h5-10,12-13H,3-4,11H2,1-2H3. The summed E-state index contributed by atoms with van der Waals surface area (Å²) >= 11 is 3.44. The Morgan fingerprint density at radius 1 is 0.903 bits per heavy atom. The van der Waals surface area contributed by atoms with Gasteiger partial charge in [0.25, 0.3) is 11.8 Å². The van der Waals surface area contributed by atoms with E-state index in [4.69, 9.17) is 9.47 Å². The quantitative estimate of drug-likeness (QED) is 0.352. The molecule has 0 radical (unpaired) electrons. The summed E-state index contributed by atoms with van der Waals surface area (Å²) < 4.78 is 12.3. The predicted octanol–water partition coefficient (Wildman–Crippen LogP) is 4.94. The number of amides is 2. The highest BCUT2D eigenvalue weighted by Gasteiger charge is 2.44. The molecule has 0 N–H and O–H groups in total. The molecule has 0 spiro atoms. The van der Waals surface area contributed by atoms with Crippen molar-refractivity contribution in [1.82, 2.24) is 0 Å². The van der Waals surface area contributed by atoms with Crippen LogP contribution in [0.1, 0.15) is 40.1 Å². The van der Waals surface area contributed by atoms with Crippen LogP contribution in [0.25, 0.3) is 10.8 Å². The van der Waals surface area contributed by atoms with Gasteiger partial charge in [0.05, 0.1) is 30.0 Å². The second kappa shape index (κ2) is 8.51. The lowest BCUT2D eigenvalue weighted by Gasteiger charge is -2.16. The molecule has 0 atom stereocenters. The van der Waals surface area contributed by atoms with Crippen molar-refractivity contribution in [2.24, 2.45) is 0 Å². The molecule has 3 aromatic carbocycles. The number of imide groups is 1. The third kappa shape index (κ3) is 3.39. The Bertz CT molecular complexity index is 1160. The summed E-state index contributed by atoms with van der Waals surface area (Å²) in [5.74, 6) is -0.185. The number of rotatable bonds is 7. The van der Waals surface area contributed by atoms with Gasteiger partial charge in [0.2, 0.25) is 0 Å². The maximum atomic E-state index is 13.6. The van der Waals surface area contributed by atoms with Gasteiger partial charge in [0.15, 0.2) is 0 Å². The average Bonchev–Trinajstić information content (AvgIpc) is 3.01. The van der Waals surface area contributed by atoms with E-state index in [-0.39, 0.29) is 17.5 Å². The molecule has 4 rings (SSSR count). The van der Waals surface area contributed by atoms with E-state index in [1.54, 1.807) is 18.2 Å².